The predicted molar refractivity (Wildman–Crippen MR) is 100 cm³/mol. The largest absolute Gasteiger partial charge is 0.489 e. The first-order valence-electron chi connectivity index (χ1n) is 7.66. The van der Waals surface area contributed by atoms with Gasteiger partial charge in [-0.2, -0.15) is 0 Å². The van der Waals surface area contributed by atoms with Gasteiger partial charge in [-0.15, -0.1) is 11.3 Å². The van der Waals surface area contributed by atoms with E-state index in [0.717, 1.165) is 11.3 Å². The van der Waals surface area contributed by atoms with Gasteiger partial charge in [-0.3, -0.25) is 10.1 Å². The molecule has 3 N–H and O–H groups in total. The summed E-state index contributed by atoms with van der Waals surface area (Å²) in [6, 6.07) is 20.7. The van der Waals surface area contributed by atoms with E-state index in [-0.39, 0.29) is 11.9 Å². The molecule has 1 amide bonds. The van der Waals surface area contributed by atoms with Crippen LogP contribution in [0.3, 0.4) is 0 Å². The van der Waals surface area contributed by atoms with Crippen molar-refractivity contribution in [2.24, 2.45) is 10.7 Å². The topological polar surface area (TPSA) is 76.7 Å². The Morgan fingerprint density at radius 2 is 1.80 bits per heavy atom. The maximum atomic E-state index is 11.9. The molecule has 1 aromatic heterocycles. The Labute approximate surface area is 149 Å². The quantitative estimate of drug-likeness (QED) is 0.543. The number of nitrogens with zero attached hydrogens (tertiary/aromatic N) is 1. The van der Waals surface area contributed by atoms with E-state index in [9.17, 15) is 4.79 Å². The number of nitrogens with two attached hydrogens (primary N) is 1. The third-order valence-electron chi connectivity index (χ3n) is 3.32. The second-order valence-corrected chi connectivity index (χ2v) is 6.14. The van der Waals surface area contributed by atoms with Gasteiger partial charge in [0.1, 0.15) is 12.4 Å². The summed E-state index contributed by atoms with van der Waals surface area (Å²) >= 11 is 1.35. The molecule has 0 atom stereocenters. The number of nitrogens with one attached hydrogen (secondary N) is 1. The van der Waals surface area contributed by atoms with Crippen LogP contribution < -0.4 is 15.8 Å². The highest BCUT2D eigenvalue weighted by Gasteiger charge is 2.07. The maximum Gasteiger partial charge on any atom is 0.268 e. The van der Waals surface area contributed by atoms with Gasteiger partial charge in [0.25, 0.3) is 5.91 Å². The third-order valence-corrected chi connectivity index (χ3v) is 4.19. The molecule has 0 fully saturated rings. The van der Waals surface area contributed by atoms with Crippen molar-refractivity contribution in [3.8, 4) is 5.75 Å². The first kappa shape index (κ1) is 16.7. The van der Waals surface area contributed by atoms with Crippen molar-refractivity contribution in [2.45, 2.75) is 6.61 Å². The fourth-order valence-electron chi connectivity index (χ4n) is 2.11. The summed E-state index contributed by atoms with van der Waals surface area (Å²) in [5.74, 6) is 0.527. The predicted octanol–water partition coefficient (Wildman–Crippen LogP) is 3.70. The van der Waals surface area contributed by atoms with Gasteiger partial charge in [0.05, 0.1) is 10.6 Å². The summed E-state index contributed by atoms with van der Waals surface area (Å²) in [5, 5.41) is 4.39. The summed E-state index contributed by atoms with van der Waals surface area (Å²) < 4.78 is 5.72. The van der Waals surface area contributed by atoms with Crippen molar-refractivity contribution in [2.75, 3.05) is 0 Å². The molecule has 0 saturated heterocycles. The summed E-state index contributed by atoms with van der Waals surface area (Å²) in [7, 11) is 0. The molecule has 0 aliphatic carbocycles. The van der Waals surface area contributed by atoms with Crippen LogP contribution in [0.2, 0.25) is 0 Å². The number of amides is 1. The van der Waals surface area contributed by atoms with E-state index in [1.54, 1.807) is 24.3 Å². The van der Waals surface area contributed by atoms with Crippen LogP contribution in [0.25, 0.3) is 0 Å². The second-order valence-electron chi connectivity index (χ2n) is 5.20. The smallest absolute Gasteiger partial charge is 0.268 e. The van der Waals surface area contributed by atoms with Crippen molar-refractivity contribution in [3.63, 3.8) is 0 Å². The van der Waals surface area contributed by atoms with E-state index in [1.807, 2.05) is 47.8 Å². The van der Waals surface area contributed by atoms with Gasteiger partial charge in [-0.1, -0.05) is 36.4 Å². The molecule has 3 aromatic rings. The van der Waals surface area contributed by atoms with Crippen molar-refractivity contribution < 1.29 is 9.53 Å². The van der Waals surface area contributed by atoms with Crippen molar-refractivity contribution in [1.29, 1.82) is 0 Å². The summed E-state index contributed by atoms with van der Waals surface area (Å²) in [6.07, 6.45) is 0. The third kappa shape index (κ3) is 4.92. The molecule has 2 aromatic carbocycles. The lowest BCUT2D eigenvalue weighted by Gasteiger charge is -2.07. The fraction of sp³-hybridized carbons (Fsp3) is 0.0526. The minimum atomic E-state index is -0.265. The van der Waals surface area contributed by atoms with Crippen LogP contribution in [0.1, 0.15) is 15.2 Å². The molecule has 0 saturated carbocycles. The van der Waals surface area contributed by atoms with Gasteiger partial charge >= 0.3 is 0 Å². The molecule has 25 heavy (non-hydrogen) atoms. The SMILES string of the molecule is NC(=Nc1ccc(OCc2ccccc2)cc1)NC(=O)c1cccs1. The molecule has 5 nitrogen and oxygen atoms in total. The Kier molecular flexibility index (Phi) is 5.43. The van der Waals surface area contributed by atoms with E-state index < -0.39 is 0 Å². The second kappa shape index (κ2) is 8.12. The van der Waals surface area contributed by atoms with Crippen LogP contribution in [-0.4, -0.2) is 11.9 Å². The van der Waals surface area contributed by atoms with Crippen LogP contribution >= 0.6 is 11.3 Å². The molecular weight excluding hydrogens is 334 g/mol. The van der Waals surface area contributed by atoms with Crippen LogP contribution in [0, 0.1) is 0 Å². The number of guanidine groups is 1. The Morgan fingerprint density at radius 3 is 2.48 bits per heavy atom. The Morgan fingerprint density at radius 1 is 1.04 bits per heavy atom. The zero-order chi connectivity index (χ0) is 17.5. The summed E-state index contributed by atoms with van der Waals surface area (Å²) in [6.45, 7) is 0.502. The molecule has 0 spiro atoms. The van der Waals surface area contributed by atoms with E-state index in [0.29, 0.717) is 17.2 Å². The van der Waals surface area contributed by atoms with Crippen molar-refractivity contribution >= 4 is 28.9 Å². The minimum Gasteiger partial charge on any atom is -0.489 e. The zero-order valence-electron chi connectivity index (χ0n) is 13.4. The molecule has 0 unspecified atom stereocenters. The molecule has 3 rings (SSSR count). The normalized spacial score (nSPS) is 11.1. The maximum absolute atomic E-state index is 11.9. The van der Waals surface area contributed by atoms with Gasteiger partial charge in [0.15, 0.2) is 0 Å². The standard InChI is InChI=1S/C19H17N3O2S/c20-19(22-18(23)17-7-4-12-25-17)21-15-8-10-16(11-9-15)24-13-14-5-2-1-3-6-14/h1-12H,13H2,(H3,20,21,22,23). The van der Waals surface area contributed by atoms with E-state index in [1.165, 1.54) is 11.3 Å². The zero-order valence-corrected chi connectivity index (χ0v) is 14.2. The van der Waals surface area contributed by atoms with E-state index in [4.69, 9.17) is 10.5 Å². The molecule has 0 bridgehead atoms. The van der Waals surface area contributed by atoms with Gasteiger partial charge in [0, 0.05) is 0 Å². The van der Waals surface area contributed by atoms with Crippen LogP contribution in [0.5, 0.6) is 5.75 Å². The molecule has 0 aliphatic rings. The van der Waals surface area contributed by atoms with Gasteiger partial charge in [-0.25, -0.2) is 4.99 Å². The first-order chi connectivity index (χ1) is 12.2. The number of ether oxygens (including phenoxy) is 1. The highest BCUT2D eigenvalue weighted by Crippen LogP contribution is 2.19. The molecule has 1 heterocycles. The highest BCUT2D eigenvalue weighted by atomic mass is 32.1. The summed E-state index contributed by atoms with van der Waals surface area (Å²) in [4.78, 5) is 16.7. The number of carbonyl (C=O) groups excluding carboxylic acids is 1. The Bertz CT molecular complexity index is 844. The number of benzene rings is 2. The van der Waals surface area contributed by atoms with Crippen LogP contribution in [-0.2, 0) is 6.61 Å². The number of rotatable bonds is 5. The lowest BCUT2D eigenvalue weighted by molar-refractivity contribution is 0.0980. The van der Waals surface area contributed by atoms with E-state index in [2.05, 4.69) is 10.3 Å². The average molecular weight is 351 g/mol. The number of carbonyl (C=O) groups is 1. The van der Waals surface area contributed by atoms with Crippen molar-refractivity contribution in [3.05, 3.63) is 82.6 Å². The van der Waals surface area contributed by atoms with Crippen molar-refractivity contribution in [1.82, 2.24) is 5.32 Å². The number of hydrogen-bond donors (Lipinski definition) is 2. The fourth-order valence-corrected chi connectivity index (χ4v) is 2.73. The molecule has 126 valence electrons. The minimum absolute atomic E-state index is 0.0522. The first-order valence-corrected chi connectivity index (χ1v) is 8.54. The van der Waals surface area contributed by atoms with Gasteiger partial charge < -0.3 is 10.5 Å². The molecule has 0 radical (unpaired) electrons. The Hall–Kier alpha value is -3.12. The van der Waals surface area contributed by atoms with Gasteiger partial charge in [-0.05, 0) is 41.3 Å². The molecular formula is C19H17N3O2S. The lowest BCUT2D eigenvalue weighted by atomic mass is 10.2. The Balaban J connectivity index is 1.57. The number of aliphatic imine (C=N–C) groups is 1. The average Bonchev–Trinajstić information content (AvgIpc) is 3.17. The van der Waals surface area contributed by atoms with E-state index >= 15 is 0 Å². The lowest BCUT2D eigenvalue weighted by Crippen LogP contribution is -2.36. The summed E-state index contributed by atoms with van der Waals surface area (Å²) in [5.41, 5.74) is 7.51. The van der Waals surface area contributed by atoms with Crippen LogP contribution in [0.15, 0.2) is 77.1 Å². The number of hydrogen-bond acceptors (Lipinski definition) is 4. The van der Waals surface area contributed by atoms with Crippen LogP contribution in [0.4, 0.5) is 5.69 Å². The monoisotopic (exact) mass is 351 g/mol. The number of thiophene rings is 1. The molecule has 0 aliphatic heterocycles. The molecule has 6 heteroatoms. The van der Waals surface area contributed by atoms with Gasteiger partial charge in [0.2, 0.25) is 5.96 Å². The highest BCUT2D eigenvalue weighted by molar-refractivity contribution is 7.12.